The molecule has 1 aromatic heterocycles. The molecule has 0 aliphatic rings. The average Bonchev–Trinajstić information content (AvgIpc) is 2.85. The summed E-state index contributed by atoms with van der Waals surface area (Å²) in [5, 5.41) is 7.56. The van der Waals surface area contributed by atoms with Crippen molar-refractivity contribution in [1.29, 1.82) is 0 Å². The first-order chi connectivity index (χ1) is 10.1. The quantitative estimate of drug-likeness (QED) is 0.714. The monoisotopic (exact) mass is 321 g/mol. The van der Waals surface area contributed by atoms with Gasteiger partial charge >= 0.3 is 0 Å². The zero-order chi connectivity index (χ0) is 15.0. The molecule has 0 aliphatic carbocycles. The topological polar surface area (TPSA) is 54.7 Å². The van der Waals surface area contributed by atoms with Crippen molar-refractivity contribution in [3.63, 3.8) is 0 Å². The fraction of sp³-hybridized carbons (Fsp3) is 0. The Kier molecular flexibility index (Phi) is 3.57. The lowest BCUT2D eigenvalue weighted by Crippen LogP contribution is -1.89. The number of nitrogens with two attached hydrogens (primary N) is 1. The molecule has 0 saturated carbocycles. The highest BCUT2D eigenvalue weighted by atomic mass is 35.5. The van der Waals surface area contributed by atoms with E-state index in [1.807, 2.05) is 12.1 Å². The number of benzene rings is 2. The largest absolute Gasteiger partial charge is 0.382 e. The Morgan fingerprint density at radius 3 is 2.33 bits per heavy atom. The van der Waals surface area contributed by atoms with Gasteiger partial charge in [-0.3, -0.25) is 5.10 Å². The zero-order valence-electron chi connectivity index (χ0n) is 10.7. The second-order valence-electron chi connectivity index (χ2n) is 4.49. The van der Waals surface area contributed by atoms with Gasteiger partial charge in [-0.25, -0.2) is 4.39 Å². The maximum absolute atomic E-state index is 13.3. The number of nitrogens with one attached hydrogen (secondary N) is 1. The number of aromatic amines is 1. The molecule has 2 aromatic carbocycles. The van der Waals surface area contributed by atoms with Crippen LogP contribution in [0.1, 0.15) is 0 Å². The van der Waals surface area contributed by atoms with E-state index in [0.29, 0.717) is 22.1 Å². The highest BCUT2D eigenvalue weighted by Gasteiger charge is 2.15. The van der Waals surface area contributed by atoms with Gasteiger partial charge in [-0.1, -0.05) is 35.3 Å². The molecule has 1 heterocycles. The van der Waals surface area contributed by atoms with Gasteiger partial charge in [0.2, 0.25) is 0 Å². The Morgan fingerprint density at radius 1 is 1.00 bits per heavy atom. The van der Waals surface area contributed by atoms with Gasteiger partial charge in [-0.05, 0) is 35.9 Å². The lowest BCUT2D eigenvalue weighted by molar-refractivity contribution is 0.628. The lowest BCUT2D eigenvalue weighted by Gasteiger charge is -2.06. The van der Waals surface area contributed by atoms with Crippen molar-refractivity contribution in [3.05, 3.63) is 58.3 Å². The summed E-state index contributed by atoms with van der Waals surface area (Å²) in [5.74, 6) is -0.117. The molecule has 0 amide bonds. The van der Waals surface area contributed by atoms with Crippen LogP contribution in [0.5, 0.6) is 0 Å². The molecule has 0 radical (unpaired) electrons. The minimum atomic E-state index is -0.471. The molecule has 0 unspecified atom stereocenters. The lowest BCUT2D eigenvalue weighted by atomic mass is 10.0. The molecule has 3 N–H and O–H groups in total. The molecule has 0 spiro atoms. The number of halogens is 3. The second kappa shape index (κ2) is 5.39. The number of hydrogen-bond donors (Lipinski definition) is 2. The average molecular weight is 322 g/mol. The molecule has 0 saturated heterocycles. The number of nitrogens with zero attached hydrogens (tertiary/aromatic N) is 1. The summed E-state index contributed by atoms with van der Waals surface area (Å²) in [7, 11) is 0. The number of rotatable bonds is 2. The summed E-state index contributed by atoms with van der Waals surface area (Å²) in [5.41, 5.74) is 8.91. The molecule has 0 fully saturated rings. The smallest absolute Gasteiger partial charge is 0.153 e. The zero-order valence-corrected chi connectivity index (χ0v) is 12.2. The van der Waals surface area contributed by atoms with Gasteiger partial charge < -0.3 is 5.73 Å². The molecule has 21 heavy (non-hydrogen) atoms. The first-order valence-corrected chi connectivity index (χ1v) is 6.87. The summed E-state index contributed by atoms with van der Waals surface area (Å²) >= 11 is 11.7. The Bertz CT molecular complexity index is 797. The molecule has 3 rings (SSSR count). The van der Waals surface area contributed by atoms with E-state index < -0.39 is 5.82 Å². The summed E-state index contributed by atoms with van der Waals surface area (Å²) < 4.78 is 13.3. The van der Waals surface area contributed by atoms with E-state index >= 15 is 0 Å². The van der Waals surface area contributed by atoms with Gasteiger partial charge in [0.15, 0.2) is 5.82 Å². The van der Waals surface area contributed by atoms with Crippen LogP contribution in [-0.2, 0) is 0 Å². The Labute approximate surface area is 130 Å². The van der Waals surface area contributed by atoms with Crippen molar-refractivity contribution in [2.45, 2.75) is 0 Å². The molecule has 0 atom stereocenters. The van der Waals surface area contributed by atoms with Crippen LogP contribution in [-0.4, -0.2) is 10.2 Å². The highest BCUT2D eigenvalue weighted by Crippen LogP contribution is 2.36. The van der Waals surface area contributed by atoms with Crippen LogP contribution in [0.4, 0.5) is 10.2 Å². The van der Waals surface area contributed by atoms with Gasteiger partial charge in [-0.2, -0.15) is 5.10 Å². The van der Waals surface area contributed by atoms with Crippen molar-refractivity contribution in [2.75, 3.05) is 5.73 Å². The second-order valence-corrected chi connectivity index (χ2v) is 5.34. The van der Waals surface area contributed by atoms with E-state index in [4.69, 9.17) is 28.9 Å². The SMILES string of the molecule is Nc1n[nH]c(-c2ccc(F)c(Cl)c2)c1-c1ccc(Cl)cc1. The van der Waals surface area contributed by atoms with E-state index in [0.717, 1.165) is 11.1 Å². The minimum absolute atomic E-state index is 0.0442. The van der Waals surface area contributed by atoms with Crippen LogP contribution in [0, 0.1) is 5.82 Å². The third kappa shape index (κ3) is 2.60. The maximum Gasteiger partial charge on any atom is 0.153 e. The predicted octanol–water partition coefficient (Wildman–Crippen LogP) is 4.77. The molecule has 106 valence electrons. The van der Waals surface area contributed by atoms with Crippen LogP contribution in [0.3, 0.4) is 0 Å². The maximum atomic E-state index is 13.3. The van der Waals surface area contributed by atoms with Crippen molar-refractivity contribution in [1.82, 2.24) is 10.2 Å². The highest BCUT2D eigenvalue weighted by molar-refractivity contribution is 6.31. The molecule has 0 bridgehead atoms. The molecular weight excluding hydrogens is 312 g/mol. The fourth-order valence-electron chi connectivity index (χ4n) is 2.13. The van der Waals surface area contributed by atoms with Crippen LogP contribution < -0.4 is 5.73 Å². The van der Waals surface area contributed by atoms with Gasteiger partial charge in [0, 0.05) is 10.6 Å². The van der Waals surface area contributed by atoms with Crippen LogP contribution in [0.15, 0.2) is 42.5 Å². The van der Waals surface area contributed by atoms with Crippen LogP contribution in [0.2, 0.25) is 10.0 Å². The summed E-state index contributed by atoms with van der Waals surface area (Å²) in [6, 6.07) is 11.7. The van der Waals surface area contributed by atoms with Gasteiger partial charge in [0.1, 0.15) is 5.82 Å². The number of anilines is 1. The Hall–Kier alpha value is -2.04. The summed E-state index contributed by atoms with van der Waals surface area (Å²) in [6.07, 6.45) is 0. The van der Waals surface area contributed by atoms with E-state index in [-0.39, 0.29) is 5.02 Å². The van der Waals surface area contributed by atoms with Crippen molar-refractivity contribution in [3.8, 4) is 22.4 Å². The van der Waals surface area contributed by atoms with E-state index in [9.17, 15) is 4.39 Å². The fourth-order valence-corrected chi connectivity index (χ4v) is 2.43. The number of H-pyrrole nitrogens is 1. The third-order valence-corrected chi connectivity index (χ3v) is 3.68. The van der Waals surface area contributed by atoms with Crippen molar-refractivity contribution in [2.24, 2.45) is 0 Å². The van der Waals surface area contributed by atoms with Crippen molar-refractivity contribution >= 4 is 29.0 Å². The van der Waals surface area contributed by atoms with Crippen molar-refractivity contribution < 1.29 is 4.39 Å². The third-order valence-electron chi connectivity index (χ3n) is 3.14. The van der Waals surface area contributed by atoms with E-state index in [1.165, 1.54) is 12.1 Å². The molecular formula is C15H10Cl2FN3. The van der Waals surface area contributed by atoms with Crippen LogP contribution >= 0.6 is 23.2 Å². The van der Waals surface area contributed by atoms with Gasteiger partial charge in [-0.15, -0.1) is 0 Å². The first-order valence-electron chi connectivity index (χ1n) is 6.11. The Balaban J connectivity index is 2.16. The van der Waals surface area contributed by atoms with E-state index in [2.05, 4.69) is 10.2 Å². The minimum Gasteiger partial charge on any atom is -0.382 e. The first kappa shape index (κ1) is 13.9. The summed E-state index contributed by atoms with van der Waals surface area (Å²) in [6.45, 7) is 0. The standard InChI is InChI=1S/C15H10Cl2FN3/c16-10-4-1-8(2-5-10)13-14(20-21-15(13)19)9-3-6-12(18)11(17)7-9/h1-7H,(H3,19,20,21). The van der Waals surface area contributed by atoms with Gasteiger partial charge in [0.05, 0.1) is 16.3 Å². The number of aromatic nitrogens is 2. The Morgan fingerprint density at radius 2 is 1.67 bits per heavy atom. The molecule has 3 aromatic rings. The number of nitrogen functional groups attached to an aromatic ring is 1. The predicted molar refractivity (Wildman–Crippen MR) is 83.9 cm³/mol. The normalized spacial score (nSPS) is 10.8. The molecule has 3 nitrogen and oxygen atoms in total. The van der Waals surface area contributed by atoms with Crippen LogP contribution in [0.25, 0.3) is 22.4 Å². The molecule has 6 heteroatoms. The van der Waals surface area contributed by atoms with E-state index in [1.54, 1.807) is 18.2 Å². The number of hydrogen-bond acceptors (Lipinski definition) is 2. The molecule has 0 aliphatic heterocycles. The van der Waals surface area contributed by atoms with Gasteiger partial charge in [0.25, 0.3) is 0 Å². The summed E-state index contributed by atoms with van der Waals surface area (Å²) in [4.78, 5) is 0.